The topological polar surface area (TPSA) is 108 Å². The van der Waals surface area contributed by atoms with Crippen LogP contribution >= 0.6 is 0 Å². The summed E-state index contributed by atoms with van der Waals surface area (Å²) in [6, 6.07) is -0.314. The number of amides is 3. The molecule has 0 unspecified atom stereocenters. The van der Waals surface area contributed by atoms with Crippen LogP contribution in [-0.4, -0.2) is 42.6 Å². The maximum atomic E-state index is 11.1. The molecule has 7 heteroatoms. The van der Waals surface area contributed by atoms with Crippen molar-refractivity contribution in [2.75, 3.05) is 19.6 Å². The highest BCUT2D eigenvalue weighted by atomic mass is 16.4. The van der Waals surface area contributed by atoms with Crippen LogP contribution in [0.5, 0.6) is 0 Å². The molecule has 98 valence electrons. The summed E-state index contributed by atoms with van der Waals surface area (Å²) >= 11 is 0. The molecule has 0 rings (SSSR count). The fourth-order valence-electron chi connectivity index (χ4n) is 1.08. The molecule has 0 aromatic carbocycles. The average Bonchev–Trinajstić information content (AvgIpc) is 2.23. The minimum absolute atomic E-state index is 0.117. The number of hydrogen-bond acceptors (Lipinski definition) is 3. The summed E-state index contributed by atoms with van der Waals surface area (Å²) in [6.45, 7) is 2.60. The van der Waals surface area contributed by atoms with Crippen molar-refractivity contribution in [3.8, 4) is 0 Å². The maximum absolute atomic E-state index is 11.1. The van der Waals surface area contributed by atoms with Crippen LogP contribution < -0.4 is 16.0 Å². The first-order valence-electron chi connectivity index (χ1n) is 5.50. The third kappa shape index (κ3) is 12.1. The van der Waals surface area contributed by atoms with Gasteiger partial charge in [-0.25, -0.2) is 4.79 Å². The van der Waals surface area contributed by atoms with E-state index in [4.69, 9.17) is 5.11 Å². The molecule has 0 aliphatic rings. The summed E-state index contributed by atoms with van der Waals surface area (Å²) in [5, 5.41) is 16.1. The number of aliphatic carboxylic acids is 1. The van der Waals surface area contributed by atoms with Gasteiger partial charge in [0, 0.05) is 33.0 Å². The van der Waals surface area contributed by atoms with Gasteiger partial charge >= 0.3 is 12.0 Å². The smallest absolute Gasteiger partial charge is 0.314 e. The zero-order chi connectivity index (χ0) is 13.1. The van der Waals surface area contributed by atoms with Crippen LogP contribution in [0.4, 0.5) is 4.79 Å². The number of hydrogen-bond donors (Lipinski definition) is 4. The van der Waals surface area contributed by atoms with Crippen LogP contribution in [0.1, 0.15) is 26.2 Å². The van der Waals surface area contributed by atoms with Crippen LogP contribution in [-0.2, 0) is 9.59 Å². The van der Waals surface area contributed by atoms with E-state index < -0.39 is 5.97 Å². The minimum atomic E-state index is -0.829. The molecular formula is C10H19N3O4. The molecule has 0 aliphatic heterocycles. The number of urea groups is 1. The van der Waals surface area contributed by atoms with E-state index in [1.165, 1.54) is 6.92 Å². The highest BCUT2D eigenvalue weighted by Crippen LogP contribution is 1.92. The first kappa shape index (κ1) is 15.2. The standard InChI is InChI=1S/C10H19N3O4/c1-8(14)11-6-7-13-10(17)12-5-3-2-4-9(15)16/h2-7H2,1H3,(H,11,14)(H,15,16)(H2,12,13,17). The number of carbonyl (C=O) groups is 3. The highest BCUT2D eigenvalue weighted by molar-refractivity contribution is 5.74. The van der Waals surface area contributed by atoms with Gasteiger partial charge in [-0.05, 0) is 12.8 Å². The Balaban J connectivity index is 3.29. The molecule has 0 spiro atoms. The first-order chi connectivity index (χ1) is 8.02. The molecule has 0 bridgehead atoms. The Kier molecular flexibility index (Phi) is 8.44. The molecule has 7 nitrogen and oxygen atoms in total. The van der Waals surface area contributed by atoms with E-state index in [9.17, 15) is 14.4 Å². The molecule has 0 saturated carbocycles. The van der Waals surface area contributed by atoms with Crippen LogP contribution in [0.3, 0.4) is 0 Å². The minimum Gasteiger partial charge on any atom is -0.481 e. The molecule has 17 heavy (non-hydrogen) atoms. The lowest BCUT2D eigenvalue weighted by atomic mass is 10.2. The molecule has 0 aromatic heterocycles. The first-order valence-corrected chi connectivity index (χ1v) is 5.50. The van der Waals surface area contributed by atoms with Gasteiger partial charge in [0.15, 0.2) is 0 Å². The molecule has 0 radical (unpaired) electrons. The molecule has 0 aromatic rings. The Bertz CT molecular complexity index is 268. The van der Waals surface area contributed by atoms with Gasteiger partial charge in [-0.15, -0.1) is 0 Å². The maximum Gasteiger partial charge on any atom is 0.314 e. The van der Waals surface area contributed by atoms with Gasteiger partial charge in [0.1, 0.15) is 0 Å². The van der Waals surface area contributed by atoms with Gasteiger partial charge < -0.3 is 21.1 Å². The molecule has 3 amide bonds. The van der Waals surface area contributed by atoms with Crippen molar-refractivity contribution in [3.05, 3.63) is 0 Å². The quantitative estimate of drug-likeness (QED) is 0.439. The summed E-state index contributed by atoms with van der Waals surface area (Å²) in [5.41, 5.74) is 0. The summed E-state index contributed by atoms with van der Waals surface area (Å²) in [7, 11) is 0. The zero-order valence-electron chi connectivity index (χ0n) is 9.91. The number of carboxylic acids is 1. The molecule has 4 N–H and O–H groups in total. The molecule has 0 atom stereocenters. The summed E-state index contributed by atoms with van der Waals surface area (Å²) < 4.78 is 0. The third-order valence-corrected chi connectivity index (χ3v) is 1.89. The molecular weight excluding hydrogens is 226 g/mol. The van der Waals surface area contributed by atoms with Crippen LogP contribution in [0.25, 0.3) is 0 Å². The number of carboxylic acid groups (broad SMARTS) is 1. The lowest BCUT2D eigenvalue weighted by molar-refractivity contribution is -0.137. The highest BCUT2D eigenvalue weighted by Gasteiger charge is 2.00. The zero-order valence-corrected chi connectivity index (χ0v) is 9.91. The van der Waals surface area contributed by atoms with Gasteiger partial charge in [0.25, 0.3) is 0 Å². The van der Waals surface area contributed by atoms with Crippen molar-refractivity contribution in [1.82, 2.24) is 16.0 Å². The second-order valence-electron chi connectivity index (χ2n) is 3.52. The second-order valence-corrected chi connectivity index (χ2v) is 3.52. The predicted octanol–water partition coefficient (Wildman–Crippen LogP) is -0.323. The van der Waals surface area contributed by atoms with E-state index in [0.29, 0.717) is 32.5 Å². The van der Waals surface area contributed by atoms with E-state index in [-0.39, 0.29) is 18.4 Å². The molecule has 0 aliphatic carbocycles. The summed E-state index contributed by atoms with van der Waals surface area (Å²) in [4.78, 5) is 31.8. The van der Waals surface area contributed by atoms with Crippen molar-refractivity contribution in [3.63, 3.8) is 0 Å². The number of nitrogens with one attached hydrogen (secondary N) is 3. The van der Waals surface area contributed by atoms with Gasteiger partial charge in [0.2, 0.25) is 5.91 Å². The van der Waals surface area contributed by atoms with E-state index in [2.05, 4.69) is 16.0 Å². The molecule has 0 heterocycles. The van der Waals surface area contributed by atoms with Crippen LogP contribution in [0.15, 0.2) is 0 Å². The lowest BCUT2D eigenvalue weighted by Crippen LogP contribution is -2.40. The van der Waals surface area contributed by atoms with Crippen molar-refractivity contribution >= 4 is 17.9 Å². The average molecular weight is 245 g/mol. The van der Waals surface area contributed by atoms with Crippen LogP contribution in [0, 0.1) is 0 Å². The Hall–Kier alpha value is -1.79. The van der Waals surface area contributed by atoms with Gasteiger partial charge in [-0.2, -0.15) is 0 Å². The van der Waals surface area contributed by atoms with E-state index in [1.54, 1.807) is 0 Å². The van der Waals surface area contributed by atoms with Crippen molar-refractivity contribution < 1.29 is 19.5 Å². The van der Waals surface area contributed by atoms with Crippen LogP contribution in [0.2, 0.25) is 0 Å². The second kappa shape index (κ2) is 9.44. The van der Waals surface area contributed by atoms with E-state index >= 15 is 0 Å². The van der Waals surface area contributed by atoms with Gasteiger partial charge in [0.05, 0.1) is 0 Å². The Morgan fingerprint density at radius 3 is 2.12 bits per heavy atom. The third-order valence-electron chi connectivity index (χ3n) is 1.89. The van der Waals surface area contributed by atoms with E-state index in [0.717, 1.165) is 0 Å². The monoisotopic (exact) mass is 245 g/mol. The normalized spacial score (nSPS) is 9.47. The lowest BCUT2D eigenvalue weighted by Gasteiger charge is -2.07. The summed E-state index contributed by atoms with van der Waals surface area (Å²) in [6.07, 6.45) is 1.29. The fourth-order valence-corrected chi connectivity index (χ4v) is 1.08. The predicted molar refractivity (Wildman–Crippen MR) is 61.6 cm³/mol. The number of carbonyl (C=O) groups excluding carboxylic acids is 2. The van der Waals surface area contributed by atoms with Crippen molar-refractivity contribution in [1.29, 1.82) is 0 Å². The number of rotatable bonds is 8. The Morgan fingerprint density at radius 1 is 0.941 bits per heavy atom. The SMILES string of the molecule is CC(=O)NCCNC(=O)NCCCCC(=O)O. The summed E-state index contributed by atoms with van der Waals surface area (Å²) in [5.74, 6) is -0.967. The van der Waals surface area contributed by atoms with Gasteiger partial charge in [-0.1, -0.05) is 0 Å². The van der Waals surface area contributed by atoms with Crippen molar-refractivity contribution in [2.45, 2.75) is 26.2 Å². The Morgan fingerprint density at radius 2 is 1.53 bits per heavy atom. The van der Waals surface area contributed by atoms with Crippen molar-refractivity contribution in [2.24, 2.45) is 0 Å². The molecule has 0 saturated heterocycles. The fraction of sp³-hybridized carbons (Fsp3) is 0.700. The Labute approximate surface area is 100.0 Å². The van der Waals surface area contributed by atoms with Gasteiger partial charge in [-0.3, -0.25) is 9.59 Å². The number of unbranched alkanes of at least 4 members (excludes halogenated alkanes) is 1. The van der Waals surface area contributed by atoms with E-state index in [1.807, 2.05) is 0 Å². The largest absolute Gasteiger partial charge is 0.481 e. The molecule has 0 fully saturated rings.